The number of hydrogen-bond donors (Lipinski definition) is 0. The smallest absolute Gasteiger partial charge is 0.303 e. The monoisotopic (exact) mass is 556 g/mol. The van der Waals surface area contributed by atoms with Gasteiger partial charge < -0.3 is 14.2 Å². The summed E-state index contributed by atoms with van der Waals surface area (Å²) in [5, 5.41) is 0. The minimum absolute atomic E-state index is 0.0453. The van der Waals surface area contributed by atoms with Crippen LogP contribution in [0, 0.1) is 46.3 Å². The van der Waals surface area contributed by atoms with Crippen molar-refractivity contribution in [2.45, 2.75) is 118 Å². The Morgan fingerprint density at radius 3 is 2.30 bits per heavy atom. The predicted molar refractivity (Wildman–Crippen MR) is 149 cm³/mol. The molecule has 0 saturated heterocycles. The molecular weight excluding hydrogens is 508 g/mol. The summed E-state index contributed by atoms with van der Waals surface area (Å²) in [5.74, 6) is 0.938. The summed E-state index contributed by atoms with van der Waals surface area (Å²) in [5.41, 5.74) is 0.960. The molecule has 0 aromatic rings. The highest BCUT2D eigenvalue weighted by molar-refractivity contribution is 6.07. The Balaban J connectivity index is 1.44. The molecule has 0 aliphatic heterocycles. The number of carbonyl (C=O) groups is 4. The van der Waals surface area contributed by atoms with Gasteiger partial charge in [0.05, 0.1) is 6.61 Å². The fourth-order valence-corrected chi connectivity index (χ4v) is 10.6. The molecule has 0 radical (unpaired) electrons. The summed E-state index contributed by atoms with van der Waals surface area (Å²) in [6.07, 6.45) is 8.77. The summed E-state index contributed by atoms with van der Waals surface area (Å²) in [6.45, 7) is 13.3. The van der Waals surface area contributed by atoms with Crippen LogP contribution in [0.25, 0.3) is 0 Å². The zero-order chi connectivity index (χ0) is 29.2. The molecule has 7 nitrogen and oxygen atoms in total. The van der Waals surface area contributed by atoms with Gasteiger partial charge in [-0.15, -0.1) is 0 Å². The van der Waals surface area contributed by atoms with E-state index in [0.717, 1.165) is 56.9 Å². The Morgan fingerprint density at radius 1 is 0.925 bits per heavy atom. The fourth-order valence-electron chi connectivity index (χ4n) is 10.6. The predicted octanol–water partition coefficient (Wildman–Crippen LogP) is 5.98. The van der Waals surface area contributed by atoms with Gasteiger partial charge in [-0.1, -0.05) is 20.8 Å². The third-order valence-corrected chi connectivity index (χ3v) is 12.0. The molecule has 0 aromatic heterocycles. The first kappa shape index (κ1) is 29.3. The molecule has 5 rings (SSSR count). The maximum atomic E-state index is 14.0. The zero-order valence-corrected chi connectivity index (χ0v) is 25.5. The fraction of sp³-hybridized carbons (Fsp3) is 0.818. The van der Waals surface area contributed by atoms with E-state index in [2.05, 4.69) is 13.8 Å². The highest BCUT2D eigenvalue weighted by atomic mass is 16.6. The Bertz CT molecular complexity index is 1120. The van der Waals surface area contributed by atoms with Crippen LogP contribution in [0.1, 0.15) is 106 Å². The average Bonchev–Trinajstić information content (AvgIpc) is 3.28. The van der Waals surface area contributed by atoms with Crippen molar-refractivity contribution in [3.8, 4) is 0 Å². The van der Waals surface area contributed by atoms with Crippen LogP contribution in [0.15, 0.2) is 11.1 Å². The molecule has 0 bridgehead atoms. The van der Waals surface area contributed by atoms with E-state index < -0.39 is 11.6 Å². The quantitative estimate of drug-likeness (QED) is 0.293. The Kier molecular flexibility index (Phi) is 7.53. The normalized spacial score (nSPS) is 42.7. The van der Waals surface area contributed by atoms with Crippen molar-refractivity contribution in [3.63, 3.8) is 0 Å². The van der Waals surface area contributed by atoms with Crippen molar-refractivity contribution < 1.29 is 33.4 Å². The number of Topliss-reactive ketones (excluding diaryl/α,β-unsaturated/α-hetero) is 1. The second kappa shape index (κ2) is 10.3. The van der Waals surface area contributed by atoms with Gasteiger partial charge in [0.15, 0.2) is 5.60 Å². The summed E-state index contributed by atoms with van der Waals surface area (Å²) >= 11 is 0. The van der Waals surface area contributed by atoms with Gasteiger partial charge in [0.2, 0.25) is 5.78 Å². The molecule has 10 atom stereocenters. The highest BCUT2D eigenvalue weighted by Crippen LogP contribution is 2.71. The summed E-state index contributed by atoms with van der Waals surface area (Å²) in [7, 11) is 0. The third-order valence-electron chi connectivity index (χ3n) is 12.0. The van der Waals surface area contributed by atoms with Crippen molar-refractivity contribution in [2.75, 3.05) is 6.61 Å². The second-order valence-electron chi connectivity index (χ2n) is 14.4. The number of rotatable bonds is 6. The zero-order valence-electron chi connectivity index (χ0n) is 25.5. The van der Waals surface area contributed by atoms with E-state index in [9.17, 15) is 19.2 Å². The van der Waals surface area contributed by atoms with Crippen LogP contribution in [0.3, 0.4) is 0 Å². The molecule has 5 aliphatic rings. The molecule has 0 spiro atoms. The van der Waals surface area contributed by atoms with Crippen molar-refractivity contribution in [3.05, 3.63) is 11.1 Å². The summed E-state index contributed by atoms with van der Waals surface area (Å²) < 4.78 is 17.0. The standard InChI is InChI=1S/C33H48O7/c1-18(17-38-20(3)34)16-33(40-22(5)36)28-15-27-25-9-8-23-14-24(39-21(4)35)10-12-31(23,6)26(25)11-13-32(27,7)29(28)19(2)30(33)37/h18,23-28H,8-17H2,1-7H3/t18-,23+,24-,25+,26-,27-,28-,31-,32-,33+/m0/s1. The van der Waals surface area contributed by atoms with Crippen LogP contribution in [0.2, 0.25) is 0 Å². The Hall–Kier alpha value is -2.18. The molecule has 0 unspecified atom stereocenters. The van der Waals surface area contributed by atoms with E-state index in [-0.39, 0.29) is 53.1 Å². The topological polar surface area (TPSA) is 96.0 Å². The maximum Gasteiger partial charge on any atom is 0.303 e. The first-order valence-corrected chi connectivity index (χ1v) is 15.5. The van der Waals surface area contributed by atoms with Crippen molar-refractivity contribution in [1.82, 2.24) is 0 Å². The molecule has 4 saturated carbocycles. The van der Waals surface area contributed by atoms with Crippen LogP contribution in [-0.2, 0) is 33.4 Å². The molecular formula is C33H48O7. The van der Waals surface area contributed by atoms with Crippen LogP contribution in [0.5, 0.6) is 0 Å². The number of esters is 3. The van der Waals surface area contributed by atoms with E-state index in [4.69, 9.17) is 14.2 Å². The minimum Gasteiger partial charge on any atom is -0.466 e. The summed E-state index contributed by atoms with van der Waals surface area (Å²) in [6, 6.07) is 0. The number of hydrogen-bond acceptors (Lipinski definition) is 7. The van der Waals surface area contributed by atoms with Crippen LogP contribution in [-0.4, -0.2) is 42.0 Å². The number of ketones is 1. The van der Waals surface area contributed by atoms with E-state index in [1.807, 2.05) is 13.8 Å². The first-order chi connectivity index (χ1) is 18.7. The van der Waals surface area contributed by atoms with E-state index in [0.29, 0.717) is 30.1 Å². The number of fused-ring (bicyclic) bond motifs is 7. The second-order valence-corrected chi connectivity index (χ2v) is 14.4. The molecule has 0 N–H and O–H groups in total. The van der Waals surface area contributed by atoms with Crippen molar-refractivity contribution in [2.24, 2.45) is 46.3 Å². The Morgan fingerprint density at radius 2 is 1.65 bits per heavy atom. The lowest BCUT2D eigenvalue weighted by molar-refractivity contribution is -0.171. The minimum atomic E-state index is -1.22. The lowest BCUT2D eigenvalue weighted by Gasteiger charge is -2.60. The molecule has 0 heterocycles. The molecule has 40 heavy (non-hydrogen) atoms. The van der Waals surface area contributed by atoms with Gasteiger partial charge in [-0.25, -0.2) is 0 Å². The van der Waals surface area contributed by atoms with Gasteiger partial charge in [0.25, 0.3) is 0 Å². The van der Waals surface area contributed by atoms with E-state index in [1.54, 1.807) is 0 Å². The average molecular weight is 557 g/mol. The number of ether oxygens (including phenoxy) is 3. The van der Waals surface area contributed by atoms with Gasteiger partial charge in [0.1, 0.15) is 6.10 Å². The van der Waals surface area contributed by atoms with E-state index >= 15 is 0 Å². The van der Waals surface area contributed by atoms with Gasteiger partial charge >= 0.3 is 17.9 Å². The molecule has 0 amide bonds. The largest absolute Gasteiger partial charge is 0.466 e. The van der Waals surface area contributed by atoms with Crippen molar-refractivity contribution >= 4 is 23.7 Å². The third kappa shape index (κ3) is 4.54. The Labute approximate surface area is 239 Å². The van der Waals surface area contributed by atoms with Gasteiger partial charge in [-0.2, -0.15) is 0 Å². The molecule has 4 fully saturated rings. The van der Waals surface area contributed by atoms with E-state index in [1.165, 1.54) is 26.3 Å². The lowest BCUT2D eigenvalue weighted by atomic mass is 9.45. The van der Waals surface area contributed by atoms with Crippen LogP contribution in [0.4, 0.5) is 0 Å². The maximum absolute atomic E-state index is 14.0. The molecule has 5 aliphatic carbocycles. The molecule has 7 heteroatoms. The molecule has 222 valence electrons. The SMILES string of the molecule is CC(=O)OC[C@@H](C)C[C@]1(OC(C)=O)C(=O)C(C)=C2[C@@H]1C[C@H]1[C@@H]3CC[C@@H]4C[C@@H](OC(C)=O)CC[C@]4(C)[C@H]3CC[C@]21C. The first-order valence-electron chi connectivity index (χ1n) is 15.5. The van der Waals surface area contributed by atoms with Gasteiger partial charge in [-0.3, -0.25) is 19.2 Å². The van der Waals surface area contributed by atoms with Crippen LogP contribution >= 0.6 is 0 Å². The molecule has 0 aromatic carbocycles. The van der Waals surface area contributed by atoms with Crippen LogP contribution < -0.4 is 0 Å². The van der Waals surface area contributed by atoms with Gasteiger partial charge in [0, 0.05) is 33.1 Å². The number of carbonyl (C=O) groups excluding carboxylic acids is 4. The van der Waals surface area contributed by atoms with Gasteiger partial charge in [-0.05, 0) is 110 Å². The lowest BCUT2D eigenvalue weighted by Crippen LogP contribution is -2.53. The highest BCUT2D eigenvalue weighted by Gasteiger charge is 2.68. The van der Waals surface area contributed by atoms with Crippen molar-refractivity contribution in [1.29, 1.82) is 0 Å². The summed E-state index contributed by atoms with van der Waals surface area (Å²) in [4.78, 5) is 49.6.